The molecule has 0 aliphatic carbocycles. The van der Waals surface area contributed by atoms with Crippen molar-refractivity contribution in [1.82, 2.24) is 0 Å². The van der Waals surface area contributed by atoms with Gasteiger partial charge >= 0.3 is 0 Å². The van der Waals surface area contributed by atoms with Crippen LogP contribution in [0.15, 0.2) is 30.3 Å². The molecule has 98 valence electrons. The van der Waals surface area contributed by atoms with Gasteiger partial charge in [0.05, 0.1) is 15.5 Å². The summed E-state index contributed by atoms with van der Waals surface area (Å²) in [7, 11) is 0. The number of nitrogens with two attached hydrogens (primary N) is 1. The number of thiophene rings is 1. The molecular formula is C13H12N2O3S. The van der Waals surface area contributed by atoms with Crippen LogP contribution in [0.2, 0.25) is 0 Å². The quantitative estimate of drug-likeness (QED) is 0.528. The smallest absolute Gasteiger partial charge is 0.269 e. The summed E-state index contributed by atoms with van der Waals surface area (Å²) in [6.07, 6.45) is 0.822. The number of hydrogen-bond donors (Lipinski definition) is 1. The number of nitro groups is 1. The van der Waals surface area contributed by atoms with Crippen molar-refractivity contribution < 1.29 is 9.72 Å². The summed E-state index contributed by atoms with van der Waals surface area (Å²) in [5, 5.41) is 11.0. The van der Waals surface area contributed by atoms with Crippen LogP contribution in [0.1, 0.15) is 27.7 Å². The van der Waals surface area contributed by atoms with E-state index < -0.39 is 4.92 Å². The first-order valence-electron chi connectivity index (χ1n) is 5.70. The number of nitrogen functional groups attached to an aromatic ring is 1. The molecule has 6 heteroatoms. The molecule has 0 atom stereocenters. The number of non-ortho nitro benzene ring substituents is 1. The highest BCUT2D eigenvalue weighted by Gasteiger charge is 2.16. The third-order valence-corrected chi connectivity index (χ3v) is 3.85. The summed E-state index contributed by atoms with van der Waals surface area (Å²) in [6, 6.07) is 7.31. The van der Waals surface area contributed by atoms with E-state index in [-0.39, 0.29) is 11.5 Å². The normalized spacial score (nSPS) is 10.4. The Kier molecular flexibility index (Phi) is 3.62. The fraction of sp³-hybridized carbons (Fsp3) is 0.154. The van der Waals surface area contributed by atoms with Crippen LogP contribution in [0.5, 0.6) is 0 Å². The van der Waals surface area contributed by atoms with E-state index in [2.05, 4.69) is 0 Å². The third kappa shape index (κ3) is 2.63. The third-order valence-electron chi connectivity index (χ3n) is 2.75. The molecule has 0 amide bonds. The number of nitrogens with zero attached hydrogens (tertiary/aromatic N) is 1. The number of rotatable bonds is 4. The van der Waals surface area contributed by atoms with Gasteiger partial charge in [0.1, 0.15) is 0 Å². The highest BCUT2D eigenvalue weighted by molar-refractivity contribution is 7.16. The molecule has 1 aromatic heterocycles. The van der Waals surface area contributed by atoms with Crippen LogP contribution in [0, 0.1) is 10.1 Å². The van der Waals surface area contributed by atoms with Gasteiger partial charge in [0.25, 0.3) is 5.69 Å². The topological polar surface area (TPSA) is 86.2 Å². The number of carbonyl (C=O) groups excluding carboxylic acids is 1. The van der Waals surface area contributed by atoms with E-state index >= 15 is 0 Å². The van der Waals surface area contributed by atoms with E-state index in [4.69, 9.17) is 5.73 Å². The number of nitro benzene ring substituents is 1. The van der Waals surface area contributed by atoms with Crippen LogP contribution in [-0.4, -0.2) is 10.7 Å². The van der Waals surface area contributed by atoms with Gasteiger partial charge in [-0.1, -0.05) is 6.92 Å². The molecule has 2 rings (SSSR count). The molecule has 5 nitrogen and oxygen atoms in total. The monoisotopic (exact) mass is 276 g/mol. The number of carbonyl (C=O) groups is 1. The molecule has 0 saturated heterocycles. The summed E-state index contributed by atoms with van der Waals surface area (Å²) in [5.74, 6) is -0.205. The second-order valence-corrected chi connectivity index (χ2v) is 5.15. The maximum Gasteiger partial charge on any atom is 0.269 e. The lowest BCUT2D eigenvalue weighted by Gasteiger charge is -1.99. The van der Waals surface area contributed by atoms with Gasteiger partial charge in [-0.25, -0.2) is 0 Å². The minimum Gasteiger partial charge on any atom is -0.390 e. The van der Waals surface area contributed by atoms with Crippen LogP contribution in [-0.2, 0) is 6.42 Å². The van der Waals surface area contributed by atoms with Gasteiger partial charge in [-0.05, 0) is 24.6 Å². The van der Waals surface area contributed by atoms with Gasteiger partial charge in [-0.3, -0.25) is 14.9 Å². The van der Waals surface area contributed by atoms with Crippen molar-refractivity contribution in [1.29, 1.82) is 0 Å². The minimum absolute atomic E-state index is 0.0379. The first-order chi connectivity index (χ1) is 9.02. The Morgan fingerprint density at radius 3 is 2.47 bits per heavy atom. The highest BCUT2D eigenvalue weighted by Crippen LogP contribution is 2.28. The van der Waals surface area contributed by atoms with Gasteiger partial charge in [-0.2, -0.15) is 0 Å². The lowest BCUT2D eigenvalue weighted by Crippen LogP contribution is -2.02. The van der Waals surface area contributed by atoms with Crippen molar-refractivity contribution in [3.05, 3.63) is 56.5 Å². The SMILES string of the molecule is CCc1cc(C(=O)c2ccc([N+](=O)[O-])cc2)c(N)s1. The molecule has 2 N–H and O–H groups in total. The Morgan fingerprint density at radius 2 is 2.00 bits per heavy atom. The number of anilines is 1. The molecule has 0 spiro atoms. The fourth-order valence-electron chi connectivity index (χ4n) is 1.70. The van der Waals surface area contributed by atoms with Crippen LogP contribution < -0.4 is 5.73 Å². The Bertz CT molecular complexity index is 632. The van der Waals surface area contributed by atoms with Crippen molar-refractivity contribution in [2.24, 2.45) is 0 Å². The van der Waals surface area contributed by atoms with Gasteiger partial charge in [0.15, 0.2) is 5.78 Å². The summed E-state index contributed by atoms with van der Waals surface area (Å²) in [4.78, 5) is 23.3. The predicted molar refractivity (Wildman–Crippen MR) is 74.6 cm³/mol. The molecule has 0 fully saturated rings. The van der Waals surface area contributed by atoms with Crippen LogP contribution in [0.4, 0.5) is 10.7 Å². The van der Waals surface area contributed by atoms with Gasteiger partial charge in [-0.15, -0.1) is 11.3 Å². The largest absolute Gasteiger partial charge is 0.390 e. The molecule has 2 aromatic rings. The van der Waals surface area contributed by atoms with E-state index in [1.165, 1.54) is 35.6 Å². The molecule has 0 aliphatic heterocycles. The van der Waals surface area contributed by atoms with E-state index in [0.29, 0.717) is 16.1 Å². The van der Waals surface area contributed by atoms with Crippen LogP contribution >= 0.6 is 11.3 Å². The first-order valence-corrected chi connectivity index (χ1v) is 6.52. The maximum atomic E-state index is 12.2. The number of ketones is 1. The maximum absolute atomic E-state index is 12.2. The molecule has 0 aliphatic rings. The van der Waals surface area contributed by atoms with E-state index in [9.17, 15) is 14.9 Å². The number of hydrogen-bond acceptors (Lipinski definition) is 5. The van der Waals surface area contributed by atoms with Crippen LogP contribution in [0.25, 0.3) is 0 Å². The first kappa shape index (κ1) is 13.2. The molecule has 0 radical (unpaired) electrons. The summed E-state index contributed by atoms with van der Waals surface area (Å²) in [5.41, 5.74) is 6.65. The van der Waals surface area contributed by atoms with E-state index in [1.54, 1.807) is 6.07 Å². The second kappa shape index (κ2) is 5.19. The lowest BCUT2D eigenvalue weighted by molar-refractivity contribution is -0.384. The van der Waals surface area contributed by atoms with Crippen molar-refractivity contribution in [2.45, 2.75) is 13.3 Å². The van der Waals surface area contributed by atoms with E-state index in [0.717, 1.165) is 11.3 Å². The molecule has 0 unspecified atom stereocenters. The summed E-state index contributed by atoms with van der Waals surface area (Å²) >= 11 is 1.39. The standard InChI is InChI=1S/C13H12N2O3S/c1-2-10-7-11(13(14)19-10)12(16)8-3-5-9(6-4-8)15(17)18/h3-7H,2,14H2,1H3. The average molecular weight is 276 g/mol. The highest BCUT2D eigenvalue weighted by atomic mass is 32.1. The average Bonchev–Trinajstić information content (AvgIpc) is 2.79. The van der Waals surface area contributed by atoms with Gasteiger partial charge in [0, 0.05) is 22.6 Å². The van der Waals surface area contributed by atoms with Crippen molar-refractivity contribution in [3.8, 4) is 0 Å². The van der Waals surface area contributed by atoms with Crippen molar-refractivity contribution in [3.63, 3.8) is 0 Å². The Labute approximate surface area is 113 Å². The van der Waals surface area contributed by atoms with Gasteiger partial charge in [0.2, 0.25) is 0 Å². The number of benzene rings is 1. The Hall–Kier alpha value is -2.21. The zero-order valence-corrected chi connectivity index (χ0v) is 11.1. The molecule has 1 heterocycles. The molecule has 0 saturated carbocycles. The predicted octanol–water partition coefficient (Wildman–Crippen LogP) is 3.03. The number of aryl methyl sites for hydroxylation is 1. The molecular weight excluding hydrogens is 264 g/mol. The zero-order valence-electron chi connectivity index (χ0n) is 10.3. The van der Waals surface area contributed by atoms with Crippen molar-refractivity contribution in [2.75, 3.05) is 5.73 Å². The lowest BCUT2D eigenvalue weighted by atomic mass is 10.0. The Balaban J connectivity index is 2.33. The molecule has 19 heavy (non-hydrogen) atoms. The minimum atomic E-state index is -0.498. The van der Waals surface area contributed by atoms with E-state index in [1.807, 2.05) is 6.92 Å². The van der Waals surface area contributed by atoms with Crippen molar-refractivity contribution >= 4 is 27.8 Å². The Morgan fingerprint density at radius 1 is 1.37 bits per heavy atom. The molecule has 0 bridgehead atoms. The summed E-state index contributed by atoms with van der Waals surface area (Å²) in [6.45, 7) is 1.99. The second-order valence-electron chi connectivity index (χ2n) is 3.98. The molecule has 1 aromatic carbocycles. The zero-order chi connectivity index (χ0) is 14.0. The summed E-state index contributed by atoms with van der Waals surface area (Å²) < 4.78 is 0. The van der Waals surface area contributed by atoms with Crippen LogP contribution in [0.3, 0.4) is 0 Å². The van der Waals surface area contributed by atoms with Gasteiger partial charge < -0.3 is 5.73 Å². The fourth-order valence-corrected chi connectivity index (χ4v) is 2.56.